The van der Waals surface area contributed by atoms with E-state index in [9.17, 15) is 29.8 Å². The molecule has 0 radical (unpaired) electrons. The first-order valence-corrected chi connectivity index (χ1v) is 11.2. The summed E-state index contributed by atoms with van der Waals surface area (Å²) in [6.45, 7) is 0. The summed E-state index contributed by atoms with van der Waals surface area (Å²) in [6.07, 6.45) is 0.445. The van der Waals surface area contributed by atoms with Crippen LogP contribution < -0.4 is 10.6 Å². The first-order valence-electron chi connectivity index (χ1n) is 8.68. The number of nitro groups is 2. The van der Waals surface area contributed by atoms with E-state index >= 15 is 0 Å². The second-order valence-corrected chi connectivity index (χ2v) is 8.56. The molecule has 12 heteroatoms. The number of carbonyl (C=O) groups excluding carboxylic acids is 2. The van der Waals surface area contributed by atoms with Crippen LogP contribution >= 0.6 is 21.6 Å². The summed E-state index contributed by atoms with van der Waals surface area (Å²) in [4.78, 5) is 44.2. The summed E-state index contributed by atoms with van der Waals surface area (Å²) >= 11 is 0. The molecule has 0 heterocycles. The number of hydrogen-bond acceptors (Lipinski definition) is 8. The Bertz CT molecular complexity index is 865. The summed E-state index contributed by atoms with van der Waals surface area (Å²) in [5.74, 6) is 0.509. The van der Waals surface area contributed by atoms with Gasteiger partial charge in [-0.05, 0) is 12.1 Å². The lowest BCUT2D eigenvalue weighted by atomic mass is 10.3. The SMILES string of the molecule is O=C(CCSSCCC(=O)Nc1cccc([N+](=O)[O-])c1)Nc1cccc([N+](=O)[O-])c1. The largest absolute Gasteiger partial charge is 0.326 e. The van der Waals surface area contributed by atoms with Crippen molar-refractivity contribution in [2.24, 2.45) is 0 Å². The normalized spacial score (nSPS) is 10.3. The summed E-state index contributed by atoms with van der Waals surface area (Å²) in [5, 5.41) is 26.7. The summed E-state index contributed by atoms with van der Waals surface area (Å²) in [7, 11) is 2.87. The van der Waals surface area contributed by atoms with E-state index in [1.165, 1.54) is 58.0 Å². The molecule has 0 aliphatic rings. The Balaban J connectivity index is 1.61. The minimum atomic E-state index is -0.530. The van der Waals surface area contributed by atoms with Gasteiger partial charge in [0.15, 0.2) is 0 Å². The smallest absolute Gasteiger partial charge is 0.271 e. The molecule has 2 N–H and O–H groups in total. The van der Waals surface area contributed by atoms with Gasteiger partial charge in [-0.1, -0.05) is 33.7 Å². The first-order chi connectivity index (χ1) is 14.3. The fourth-order valence-corrected chi connectivity index (χ4v) is 4.21. The van der Waals surface area contributed by atoms with Gasteiger partial charge in [-0.2, -0.15) is 0 Å². The van der Waals surface area contributed by atoms with Crippen LogP contribution in [0.4, 0.5) is 22.7 Å². The quantitative estimate of drug-likeness (QED) is 0.224. The average Bonchev–Trinajstić information content (AvgIpc) is 2.71. The van der Waals surface area contributed by atoms with Crippen molar-refractivity contribution in [3.8, 4) is 0 Å². The van der Waals surface area contributed by atoms with Crippen molar-refractivity contribution in [1.82, 2.24) is 0 Å². The number of rotatable bonds is 11. The molecule has 0 unspecified atom stereocenters. The van der Waals surface area contributed by atoms with Crippen LogP contribution in [0.5, 0.6) is 0 Å². The molecule has 30 heavy (non-hydrogen) atoms. The number of anilines is 2. The van der Waals surface area contributed by atoms with Crippen LogP contribution in [0.25, 0.3) is 0 Å². The molecule has 0 aliphatic heterocycles. The van der Waals surface area contributed by atoms with Crippen molar-refractivity contribution in [2.75, 3.05) is 22.1 Å². The highest BCUT2D eigenvalue weighted by Gasteiger charge is 2.10. The van der Waals surface area contributed by atoms with Crippen molar-refractivity contribution < 1.29 is 19.4 Å². The van der Waals surface area contributed by atoms with Crippen molar-refractivity contribution in [1.29, 1.82) is 0 Å². The molecule has 10 nitrogen and oxygen atoms in total. The number of nitro benzene ring substituents is 2. The molecule has 0 aromatic heterocycles. The van der Waals surface area contributed by atoms with Gasteiger partial charge in [-0.25, -0.2) is 0 Å². The maximum absolute atomic E-state index is 11.9. The van der Waals surface area contributed by atoms with E-state index in [2.05, 4.69) is 10.6 Å². The second kappa shape index (κ2) is 11.8. The van der Waals surface area contributed by atoms with Gasteiger partial charge in [0.1, 0.15) is 0 Å². The second-order valence-electron chi connectivity index (χ2n) is 5.86. The van der Waals surface area contributed by atoms with E-state index in [0.29, 0.717) is 22.9 Å². The molecule has 0 bridgehead atoms. The minimum absolute atomic E-state index is 0.0962. The minimum Gasteiger partial charge on any atom is -0.326 e. The highest BCUT2D eigenvalue weighted by atomic mass is 33.1. The molecule has 0 fully saturated rings. The molecular formula is C18H18N4O6S2. The van der Waals surface area contributed by atoms with E-state index < -0.39 is 9.85 Å². The molecule has 2 aromatic rings. The fraction of sp³-hybridized carbons (Fsp3) is 0.222. The zero-order chi connectivity index (χ0) is 21.9. The first kappa shape index (κ1) is 23.2. The molecule has 0 spiro atoms. The highest BCUT2D eigenvalue weighted by molar-refractivity contribution is 8.76. The van der Waals surface area contributed by atoms with E-state index in [1.807, 2.05) is 0 Å². The number of carbonyl (C=O) groups is 2. The van der Waals surface area contributed by atoms with Crippen LogP contribution in [0.15, 0.2) is 48.5 Å². The third kappa shape index (κ3) is 8.09. The van der Waals surface area contributed by atoms with Gasteiger partial charge in [-0.15, -0.1) is 0 Å². The Hall–Kier alpha value is -3.12. The Morgan fingerprint density at radius 3 is 1.53 bits per heavy atom. The molecule has 2 amide bonds. The standard InChI is InChI=1S/C18H18N4O6S2/c23-17(19-13-3-1-5-15(11-13)21(25)26)7-9-29-30-10-8-18(24)20-14-4-2-6-16(12-14)22(27)28/h1-6,11-12H,7-10H2,(H,19,23)(H,20,24). The van der Waals surface area contributed by atoms with Crippen molar-refractivity contribution in [3.05, 3.63) is 68.8 Å². The highest BCUT2D eigenvalue weighted by Crippen LogP contribution is 2.24. The molecule has 2 rings (SSSR count). The molecular weight excluding hydrogens is 432 g/mol. The van der Waals surface area contributed by atoms with Crippen LogP contribution in [0.1, 0.15) is 12.8 Å². The Kier molecular flexibility index (Phi) is 9.09. The third-order valence-electron chi connectivity index (χ3n) is 3.59. The van der Waals surface area contributed by atoms with Crippen LogP contribution in [0, 0.1) is 20.2 Å². The average molecular weight is 450 g/mol. The van der Waals surface area contributed by atoms with Gasteiger partial charge in [-0.3, -0.25) is 29.8 Å². The van der Waals surface area contributed by atoms with E-state index in [1.54, 1.807) is 12.1 Å². The van der Waals surface area contributed by atoms with E-state index in [0.717, 1.165) is 0 Å². The summed E-state index contributed by atoms with van der Waals surface area (Å²) in [6, 6.07) is 11.4. The van der Waals surface area contributed by atoms with Crippen LogP contribution in [-0.2, 0) is 9.59 Å². The van der Waals surface area contributed by atoms with Gasteiger partial charge in [0.05, 0.1) is 9.85 Å². The third-order valence-corrected chi connectivity index (χ3v) is 6.00. The monoisotopic (exact) mass is 450 g/mol. The number of non-ortho nitro benzene ring substituents is 2. The van der Waals surface area contributed by atoms with Gasteiger partial charge in [0, 0.05) is 60.0 Å². The molecule has 158 valence electrons. The van der Waals surface area contributed by atoms with E-state index in [-0.39, 0.29) is 36.0 Å². The maximum atomic E-state index is 11.9. The summed E-state index contributed by atoms with van der Waals surface area (Å²) in [5.41, 5.74) is 0.538. The number of hydrogen-bond donors (Lipinski definition) is 2. The molecule has 0 saturated heterocycles. The molecule has 0 aliphatic carbocycles. The predicted molar refractivity (Wildman–Crippen MR) is 118 cm³/mol. The Labute approximate surface area is 179 Å². The van der Waals surface area contributed by atoms with Crippen LogP contribution in [-0.4, -0.2) is 33.2 Å². The summed E-state index contributed by atoms with van der Waals surface area (Å²) < 4.78 is 0. The number of nitrogens with one attached hydrogen (secondary N) is 2. The van der Waals surface area contributed by atoms with Crippen molar-refractivity contribution >= 4 is 56.2 Å². The molecule has 0 saturated carbocycles. The maximum Gasteiger partial charge on any atom is 0.271 e. The molecule has 2 aromatic carbocycles. The lowest BCUT2D eigenvalue weighted by Gasteiger charge is -2.06. The topological polar surface area (TPSA) is 144 Å². The lowest BCUT2D eigenvalue weighted by Crippen LogP contribution is -2.12. The van der Waals surface area contributed by atoms with E-state index in [4.69, 9.17) is 0 Å². The Morgan fingerprint density at radius 1 is 0.767 bits per heavy atom. The van der Waals surface area contributed by atoms with Gasteiger partial charge >= 0.3 is 0 Å². The van der Waals surface area contributed by atoms with Crippen LogP contribution in [0.2, 0.25) is 0 Å². The number of amides is 2. The van der Waals surface area contributed by atoms with Crippen molar-refractivity contribution in [2.45, 2.75) is 12.8 Å². The molecule has 0 atom stereocenters. The van der Waals surface area contributed by atoms with Crippen LogP contribution in [0.3, 0.4) is 0 Å². The lowest BCUT2D eigenvalue weighted by molar-refractivity contribution is -0.385. The zero-order valence-corrected chi connectivity index (χ0v) is 17.2. The van der Waals surface area contributed by atoms with Gasteiger partial charge < -0.3 is 10.6 Å². The van der Waals surface area contributed by atoms with Gasteiger partial charge in [0.2, 0.25) is 11.8 Å². The predicted octanol–water partition coefficient (Wildman–Crippen LogP) is 4.24. The van der Waals surface area contributed by atoms with Gasteiger partial charge in [0.25, 0.3) is 11.4 Å². The Morgan fingerprint density at radius 2 is 1.17 bits per heavy atom. The number of benzene rings is 2. The van der Waals surface area contributed by atoms with Crippen molar-refractivity contribution in [3.63, 3.8) is 0 Å². The zero-order valence-electron chi connectivity index (χ0n) is 15.6. The number of nitrogens with zero attached hydrogens (tertiary/aromatic N) is 2. The fourth-order valence-electron chi connectivity index (χ4n) is 2.23.